The van der Waals surface area contributed by atoms with Crippen LogP contribution in [0.2, 0.25) is 0 Å². The van der Waals surface area contributed by atoms with E-state index in [1.807, 2.05) is 4.68 Å². The molecule has 0 atom stereocenters. The smallest absolute Gasteiger partial charge is 0.146 e. The molecular formula is C14H20N4. The fourth-order valence-corrected chi connectivity index (χ4v) is 1.93. The van der Waals surface area contributed by atoms with Crippen LogP contribution in [0.15, 0.2) is 24.5 Å². The summed E-state index contributed by atoms with van der Waals surface area (Å²) in [7, 11) is 0. The lowest BCUT2D eigenvalue weighted by Gasteiger charge is -2.11. The standard InChI is InChI=1S/C14H20N4/c1-10(2)15-8-14-16-9-17-18(14)13-6-5-11(3)7-12(13)4/h5-7,9-10,15H,8H2,1-4H3. The normalized spacial score (nSPS) is 11.2. The maximum Gasteiger partial charge on any atom is 0.146 e. The van der Waals surface area contributed by atoms with Gasteiger partial charge in [-0.05, 0) is 25.5 Å². The largest absolute Gasteiger partial charge is 0.308 e. The maximum atomic E-state index is 4.32. The van der Waals surface area contributed by atoms with Gasteiger partial charge in [-0.15, -0.1) is 0 Å². The van der Waals surface area contributed by atoms with Crippen LogP contribution in [0.25, 0.3) is 5.69 Å². The van der Waals surface area contributed by atoms with Crippen LogP contribution in [0.1, 0.15) is 30.8 Å². The first kappa shape index (κ1) is 12.8. The Kier molecular flexibility index (Phi) is 3.77. The molecule has 4 heteroatoms. The molecule has 0 fully saturated rings. The average Bonchev–Trinajstić information content (AvgIpc) is 2.74. The minimum Gasteiger partial charge on any atom is -0.308 e. The van der Waals surface area contributed by atoms with Crippen molar-refractivity contribution in [3.8, 4) is 5.69 Å². The number of aromatic nitrogens is 3. The van der Waals surface area contributed by atoms with Crippen molar-refractivity contribution in [2.45, 2.75) is 40.3 Å². The highest BCUT2D eigenvalue weighted by Crippen LogP contribution is 2.15. The van der Waals surface area contributed by atoms with Crippen LogP contribution < -0.4 is 5.32 Å². The number of rotatable bonds is 4. The fraction of sp³-hybridized carbons (Fsp3) is 0.429. The van der Waals surface area contributed by atoms with E-state index in [-0.39, 0.29) is 0 Å². The van der Waals surface area contributed by atoms with E-state index >= 15 is 0 Å². The highest BCUT2D eigenvalue weighted by atomic mass is 15.3. The monoisotopic (exact) mass is 244 g/mol. The van der Waals surface area contributed by atoms with Crippen LogP contribution >= 0.6 is 0 Å². The van der Waals surface area contributed by atoms with Gasteiger partial charge in [-0.1, -0.05) is 31.5 Å². The van der Waals surface area contributed by atoms with Gasteiger partial charge in [0.2, 0.25) is 0 Å². The lowest BCUT2D eigenvalue weighted by molar-refractivity contribution is 0.563. The first-order chi connectivity index (χ1) is 8.58. The second kappa shape index (κ2) is 5.31. The van der Waals surface area contributed by atoms with E-state index in [4.69, 9.17) is 0 Å². The predicted octanol–water partition coefficient (Wildman–Crippen LogP) is 2.38. The SMILES string of the molecule is Cc1ccc(-n2ncnc2CNC(C)C)c(C)c1. The fourth-order valence-electron chi connectivity index (χ4n) is 1.93. The lowest BCUT2D eigenvalue weighted by Crippen LogP contribution is -2.24. The number of hydrogen-bond donors (Lipinski definition) is 1. The van der Waals surface area contributed by atoms with Gasteiger partial charge in [0.15, 0.2) is 0 Å². The number of nitrogens with one attached hydrogen (secondary N) is 1. The lowest BCUT2D eigenvalue weighted by atomic mass is 10.1. The minimum absolute atomic E-state index is 0.439. The average molecular weight is 244 g/mol. The Morgan fingerprint density at radius 2 is 2.06 bits per heavy atom. The van der Waals surface area contributed by atoms with Crippen molar-refractivity contribution in [2.24, 2.45) is 0 Å². The van der Waals surface area contributed by atoms with Gasteiger partial charge in [0.1, 0.15) is 12.2 Å². The number of hydrogen-bond acceptors (Lipinski definition) is 3. The first-order valence-electron chi connectivity index (χ1n) is 6.28. The van der Waals surface area contributed by atoms with Gasteiger partial charge in [-0.3, -0.25) is 0 Å². The Labute approximate surface area is 108 Å². The van der Waals surface area contributed by atoms with E-state index in [2.05, 4.69) is 61.3 Å². The number of benzene rings is 1. The molecule has 18 heavy (non-hydrogen) atoms. The molecule has 2 rings (SSSR count). The molecule has 96 valence electrons. The Hall–Kier alpha value is -1.68. The van der Waals surface area contributed by atoms with Crippen molar-refractivity contribution >= 4 is 0 Å². The van der Waals surface area contributed by atoms with Crippen molar-refractivity contribution < 1.29 is 0 Å². The molecule has 2 aromatic rings. The highest BCUT2D eigenvalue weighted by molar-refractivity contribution is 5.42. The third kappa shape index (κ3) is 2.76. The van der Waals surface area contributed by atoms with Gasteiger partial charge in [0.25, 0.3) is 0 Å². The molecule has 0 aliphatic rings. The van der Waals surface area contributed by atoms with Crippen molar-refractivity contribution in [2.75, 3.05) is 0 Å². The van der Waals surface area contributed by atoms with Crippen LogP contribution in [-0.4, -0.2) is 20.8 Å². The second-order valence-electron chi connectivity index (χ2n) is 4.91. The van der Waals surface area contributed by atoms with Crippen molar-refractivity contribution in [3.05, 3.63) is 41.5 Å². The van der Waals surface area contributed by atoms with E-state index in [0.29, 0.717) is 6.04 Å². The van der Waals surface area contributed by atoms with E-state index in [1.165, 1.54) is 11.1 Å². The van der Waals surface area contributed by atoms with Gasteiger partial charge in [0.05, 0.1) is 12.2 Å². The Bertz CT molecular complexity index is 528. The van der Waals surface area contributed by atoms with E-state index in [1.54, 1.807) is 6.33 Å². The molecular weight excluding hydrogens is 224 g/mol. The molecule has 1 aromatic carbocycles. The topological polar surface area (TPSA) is 42.7 Å². The number of nitrogens with zero attached hydrogens (tertiary/aromatic N) is 3. The third-order valence-corrected chi connectivity index (χ3v) is 2.87. The van der Waals surface area contributed by atoms with Crippen LogP contribution in [0.4, 0.5) is 0 Å². The molecule has 1 heterocycles. The second-order valence-corrected chi connectivity index (χ2v) is 4.91. The number of aryl methyl sites for hydroxylation is 2. The summed E-state index contributed by atoms with van der Waals surface area (Å²) in [6.45, 7) is 9.17. The zero-order chi connectivity index (χ0) is 13.1. The molecule has 0 amide bonds. The molecule has 0 radical (unpaired) electrons. The zero-order valence-electron chi connectivity index (χ0n) is 11.4. The summed E-state index contributed by atoms with van der Waals surface area (Å²) in [4.78, 5) is 4.32. The summed E-state index contributed by atoms with van der Waals surface area (Å²) in [5, 5.41) is 7.69. The van der Waals surface area contributed by atoms with Gasteiger partial charge >= 0.3 is 0 Å². The Morgan fingerprint density at radius 3 is 2.72 bits per heavy atom. The summed E-state index contributed by atoms with van der Waals surface area (Å²) < 4.78 is 1.91. The molecule has 0 aliphatic heterocycles. The van der Waals surface area contributed by atoms with Gasteiger partial charge in [-0.2, -0.15) is 5.10 Å². The predicted molar refractivity (Wildman–Crippen MR) is 72.8 cm³/mol. The van der Waals surface area contributed by atoms with E-state index in [9.17, 15) is 0 Å². The van der Waals surface area contributed by atoms with E-state index in [0.717, 1.165) is 18.1 Å². The molecule has 4 nitrogen and oxygen atoms in total. The maximum absolute atomic E-state index is 4.32. The van der Waals surface area contributed by atoms with Gasteiger partial charge in [-0.25, -0.2) is 9.67 Å². The van der Waals surface area contributed by atoms with E-state index < -0.39 is 0 Å². The summed E-state index contributed by atoms with van der Waals surface area (Å²) in [6, 6.07) is 6.80. The molecule has 0 bridgehead atoms. The van der Waals surface area contributed by atoms with Crippen molar-refractivity contribution in [3.63, 3.8) is 0 Å². The summed E-state index contributed by atoms with van der Waals surface area (Å²) >= 11 is 0. The first-order valence-corrected chi connectivity index (χ1v) is 6.28. The molecule has 0 saturated carbocycles. The van der Waals surface area contributed by atoms with Gasteiger partial charge in [0, 0.05) is 6.04 Å². The highest BCUT2D eigenvalue weighted by Gasteiger charge is 2.09. The quantitative estimate of drug-likeness (QED) is 0.898. The van der Waals surface area contributed by atoms with Crippen LogP contribution in [0, 0.1) is 13.8 Å². The molecule has 0 spiro atoms. The molecule has 0 aliphatic carbocycles. The molecule has 0 unspecified atom stereocenters. The summed E-state index contributed by atoms with van der Waals surface area (Å²) in [6.07, 6.45) is 1.61. The van der Waals surface area contributed by atoms with Gasteiger partial charge < -0.3 is 5.32 Å². The third-order valence-electron chi connectivity index (χ3n) is 2.87. The van der Waals surface area contributed by atoms with Crippen LogP contribution in [-0.2, 0) is 6.54 Å². The molecule has 1 N–H and O–H groups in total. The summed E-state index contributed by atoms with van der Waals surface area (Å²) in [5.41, 5.74) is 3.57. The molecule has 1 aromatic heterocycles. The van der Waals surface area contributed by atoms with Crippen LogP contribution in [0.5, 0.6) is 0 Å². The Balaban J connectivity index is 2.30. The molecule has 0 saturated heterocycles. The minimum atomic E-state index is 0.439. The van der Waals surface area contributed by atoms with Crippen LogP contribution in [0.3, 0.4) is 0 Å². The summed E-state index contributed by atoms with van der Waals surface area (Å²) in [5.74, 6) is 0.940. The zero-order valence-corrected chi connectivity index (χ0v) is 11.4. The Morgan fingerprint density at radius 1 is 1.28 bits per heavy atom. The van der Waals surface area contributed by atoms with Crippen molar-refractivity contribution in [1.29, 1.82) is 0 Å². The van der Waals surface area contributed by atoms with Crippen molar-refractivity contribution in [1.82, 2.24) is 20.1 Å².